The Kier molecular flexibility index (Phi) is 7.15. The second-order valence-electron chi connectivity index (χ2n) is 4.21. The monoisotopic (exact) mass is 378 g/mol. The third-order valence-electron chi connectivity index (χ3n) is 2.92. The minimum atomic E-state index is 0.336. The van der Waals surface area contributed by atoms with Crippen LogP contribution in [0.1, 0.15) is 44.5 Å². The van der Waals surface area contributed by atoms with Gasteiger partial charge in [0.05, 0.1) is 15.9 Å². The van der Waals surface area contributed by atoms with Gasteiger partial charge in [-0.25, -0.2) is 0 Å². The summed E-state index contributed by atoms with van der Waals surface area (Å²) in [5, 5.41) is 5.44. The first-order chi connectivity index (χ1) is 8.63. The molecular weight excluding hydrogens is 360 g/mol. The second kappa shape index (κ2) is 8.10. The minimum Gasteiger partial charge on any atom is -0.300 e. The number of carbonyl (C=O) groups excluding carboxylic acids is 1. The maximum absolute atomic E-state index is 11.7. The molecule has 0 radical (unpaired) electrons. The van der Waals surface area contributed by atoms with E-state index in [0.29, 0.717) is 18.6 Å². The van der Waals surface area contributed by atoms with Gasteiger partial charge in [-0.2, -0.15) is 5.10 Å². The van der Waals surface area contributed by atoms with E-state index in [0.717, 1.165) is 47.0 Å². The quantitative estimate of drug-likeness (QED) is 0.642. The van der Waals surface area contributed by atoms with Gasteiger partial charge in [-0.1, -0.05) is 22.9 Å². The van der Waals surface area contributed by atoms with Crippen molar-refractivity contribution < 1.29 is 4.79 Å². The van der Waals surface area contributed by atoms with Gasteiger partial charge in [0.15, 0.2) is 0 Å². The number of hydrogen-bond donors (Lipinski definition) is 0. The fourth-order valence-corrected chi connectivity index (χ4v) is 2.95. The summed E-state index contributed by atoms with van der Waals surface area (Å²) >= 11 is 6.95. The van der Waals surface area contributed by atoms with Crippen molar-refractivity contribution in [2.45, 2.75) is 52.5 Å². The molecule has 1 rings (SSSR count). The number of aryl methyl sites for hydroxylation is 2. The highest BCUT2D eigenvalue weighted by molar-refractivity contribution is 9.10. The summed E-state index contributed by atoms with van der Waals surface area (Å²) in [6.45, 7) is 5.02. The lowest BCUT2D eigenvalue weighted by molar-refractivity contribution is -0.119. The summed E-state index contributed by atoms with van der Waals surface area (Å²) in [4.78, 5) is 11.7. The molecule has 0 N–H and O–H groups in total. The maximum Gasteiger partial charge on any atom is 0.133 e. The molecule has 0 saturated heterocycles. The molecule has 1 aromatic heterocycles. The number of alkyl halides is 1. The molecule has 0 aliphatic carbocycles. The second-order valence-corrected chi connectivity index (χ2v) is 5.79. The van der Waals surface area contributed by atoms with E-state index in [-0.39, 0.29) is 0 Å². The van der Waals surface area contributed by atoms with Crippen LogP contribution in [0.25, 0.3) is 0 Å². The lowest BCUT2D eigenvalue weighted by atomic mass is 10.1. The number of Topliss-reactive ketones (excluding diaryl/α,β-unsaturated/α-hetero) is 1. The van der Waals surface area contributed by atoms with Crippen LogP contribution in [0.3, 0.4) is 0 Å². The fourth-order valence-electron chi connectivity index (χ4n) is 1.90. The van der Waals surface area contributed by atoms with Gasteiger partial charge in [-0.05, 0) is 42.1 Å². The van der Waals surface area contributed by atoms with E-state index >= 15 is 0 Å². The van der Waals surface area contributed by atoms with Gasteiger partial charge >= 0.3 is 0 Å². The first-order valence-corrected chi connectivity index (χ1v) is 8.37. The molecule has 0 aliphatic heterocycles. The highest BCUT2D eigenvalue weighted by atomic mass is 79.9. The number of ketones is 1. The number of rotatable bonds is 8. The van der Waals surface area contributed by atoms with Crippen molar-refractivity contribution in [3.05, 3.63) is 15.9 Å². The molecule has 0 atom stereocenters. The Balaban J connectivity index is 2.66. The molecule has 5 heteroatoms. The molecule has 0 amide bonds. The first kappa shape index (κ1) is 15.9. The van der Waals surface area contributed by atoms with Crippen LogP contribution in [0.4, 0.5) is 0 Å². The summed E-state index contributed by atoms with van der Waals surface area (Å²) in [6.07, 6.45) is 3.90. The molecule has 102 valence electrons. The average Bonchev–Trinajstić information content (AvgIpc) is 2.69. The Morgan fingerprint density at radius 3 is 2.61 bits per heavy atom. The third kappa shape index (κ3) is 4.19. The Labute approximate surface area is 126 Å². The summed E-state index contributed by atoms with van der Waals surface area (Å²) in [6, 6.07) is 0. The zero-order valence-corrected chi connectivity index (χ0v) is 14.2. The van der Waals surface area contributed by atoms with Crippen molar-refractivity contribution >= 4 is 37.6 Å². The number of hydrogen-bond acceptors (Lipinski definition) is 2. The number of halogens is 2. The normalized spacial score (nSPS) is 10.9. The van der Waals surface area contributed by atoms with Gasteiger partial charge < -0.3 is 0 Å². The van der Waals surface area contributed by atoms with Gasteiger partial charge in [-0.3, -0.25) is 9.48 Å². The summed E-state index contributed by atoms with van der Waals surface area (Å²) in [7, 11) is 0. The Bertz CT molecular complexity index is 402. The summed E-state index contributed by atoms with van der Waals surface area (Å²) in [5.74, 6) is 0.336. The van der Waals surface area contributed by atoms with E-state index < -0.39 is 0 Å². The van der Waals surface area contributed by atoms with Crippen LogP contribution >= 0.6 is 31.9 Å². The largest absolute Gasteiger partial charge is 0.300 e. The van der Waals surface area contributed by atoms with Gasteiger partial charge in [0, 0.05) is 24.7 Å². The van der Waals surface area contributed by atoms with Crippen molar-refractivity contribution in [1.82, 2.24) is 9.78 Å². The van der Waals surface area contributed by atoms with E-state index in [1.807, 2.05) is 4.68 Å². The molecule has 1 heterocycles. The Morgan fingerprint density at radius 1 is 1.33 bits per heavy atom. The van der Waals surface area contributed by atoms with Crippen LogP contribution in [-0.4, -0.2) is 20.9 Å². The molecular formula is C13H20Br2N2O. The molecule has 0 unspecified atom stereocenters. The fraction of sp³-hybridized carbons (Fsp3) is 0.692. The number of carbonyl (C=O) groups is 1. The molecule has 1 aromatic rings. The van der Waals surface area contributed by atoms with Gasteiger partial charge in [0.25, 0.3) is 0 Å². The number of nitrogens with zero attached hydrogens (tertiary/aromatic N) is 2. The lowest BCUT2D eigenvalue weighted by Crippen LogP contribution is -2.06. The Morgan fingerprint density at radius 2 is 2.06 bits per heavy atom. The molecule has 18 heavy (non-hydrogen) atoms. The molecule has 0 aromatic carbocycles. The van der Waals surface area contributed by atoms with Crippen molar-refractivity contribution in [3.63, 3.8) is 0 Å². The average molecular weight is 380 g/mol. The smallest absolute Gasteiger partial charge is 0.133 e. The van der Waals surface area contributed by atoms with Crippen molar-refractivity contribution in [2.75, 3.05) is 5.33 Å². The minimum absolute atomic E-state index is 0.336. The van der Waals surface area contributed by atoms with E-state index in [2.05, 4.69) is 50.8 Å². The maximum atomic E-state index is 11.7. The summed E-state index contributed by atoms with van der Waals surface area (Å²) in [5.41, 5.74) is 2.24. The predicted octanol–water partition coefficient (Wildman–Crippen LogP) is 3.90. The van der Waals surface area contributed by atoms with E-state index in [1.54, 1.807) is 0 Å². The number of aromatic nitrogens is 2. The van der Waals surface area contributed by atoms with Gasteiger partial charge in [0.2, 0.25) is 0 Å². The van der Waals surface area contributed by atoms with Crippen LogP contribution in [0, 0.1) is 0 Å². The molecule has 0 fully saturated rings. The Hall–Kier alpha value is -0.160. The van der Waals surface area contributed by atoms with Crippen LogP contribution in [0.15, 0.2) is 4.47 Å². The van der Waals surface area contributed by atoms with Crippen LogP contribution in [0.2, 0.25) is 0 Å². The van der Waals surface area contributed by atoms with Crippen LogP contribution < -0.4 is 0 Å². The van der Waals surface area contributed by atoms with Crippen molar-refractivity contribution in [2.24, 2.45) is 0 Å². The zero-order chi connectivity index (χ0) is 13.5. The standard InChI is InChI=1S/C13H20Br2N2O/c1-3-11-13(15)12(17(4-2)16-11)8-7-10(18)6-5-9-14/h3-9H2,1-2H3. The molecule has 3 nitrogen and oxygen atoms in total. The third-order valence-corrected chi connectivity index (χ3v) is 4.40. The van der Waals surface area contributed by atoms with E-state index in [9.17, 15) is 4.79 Å². The zero-order valence-electron chi connectivity index (χ0n) is 11.0. The van der Waals surface area contributed by atoms with Gasteiger partial charge in [-0.15, -0.1) is 0 Å². The van der Waals surface area contributed by atoms with Crippen LogP contribution in [-0.2, 0) is 24.2 Å². The topological polar surface area (TPSA) is 34.9 Å². The first-order valence-electron chi connectivity index (χ1n) is 6.45. The molecule has 0 saturated carbocycles. The van der Waals surface area contributed by atoms with Gasteiger partial charge in [0.1, 0.15) is 5.78 Å². The molecule has 0 aliphatic rings. The molecule has 0 spiro atoms. The SMILES string of the molecule is CCc1nn(CC)c(CCC(=O)CCCBr)c1Br. The van der Waals surface area contributed by atoms with E-state index in [1.165, 1.54) is 0 Å². The predicted molar refractivity (Wildman–Crippen MR) is 81.3 cm³/mol. The lowest BCUT2D eigenvalue weighted by Gasteiger charge is -2.05. The molecule has 0 bridgehead atoms. The van der Waals surface area contributed by atoms with E-state index in [4.69, 9.17) is 0 Å². The summed E-state index contributed by atoms with van der Waals surface area (Å²) < 4.78 is 3.08. The highest BCUT2D eigenvalue weighted by Gasteiger charge is 2.14. The van der Waals surface area contributed by atoms with Crippen molar-refractivity contribution in [1.29, 1.82) is 0 Å². The van der Waals surface area contributed by atoms with Crippen molar-refractivity contribution in [3.8, 4) is 0 Å². The van der Waals surface area contributed by atoms with Crippen LogP contribution in [0.5, 0.6) is 0 Å². The highest BCUT2D eigenvalue weighted by Crippen LogP contribution is 2.23.